The van der Waals surface area contributed by atoms with Crippen molar-refractivity contribution >= 4 is 5.97 Å². The van der Waals surface area contributed by atoms with Crippen molar-refractivity contribution in [2.75, 3.05) is 20.3 Å². The Balaban J connectivity index is 3.54. The second kappa shape index (κ2) is 6.12. The molecule has 0 aromatic carbocycles. The lowest BCUT2D eigenvalue weighted by Gasteiger charge is -2.10. The molecule has 0 rings (SSSR count). The third kappa shape index (κ3) is 4.75. The lowest BCUT2D eigenvalue weighted by molar-refractivity contribution is -0.143. The summed E-state index contributed by atoms with van der Waals surface area (Å²) in [6, 6.07) is -0.186. The zero-order chi connectivity index (χ0) is 8.69. The number of carbonyl (C=O) groups excluding carboxylic acids is 1. The van der Waals surface area contributed by atoms with Crippen molar-refractivity contribution < 1.29 is 14.6 Å². The van der Waals surface area contributed by atoms with Crippen molar-refractivity contribution in [3.8, 4) is 0 Å². The van der Waals surface area contributed by atoms with E-state index in [9.17, 15) is 4.79 Å². The SMILES string of the molecule is CCOC(=O)C[C@@H](CO)NC. The van der Waals surface area contributed by atoms with E-state index in [4.69, 9.17) is 5.11 Å². The summed E-state index contributed by atoms with van der Waals surface area (Å²) in [6.07, 6.45) is 0.223. The number of hydrogen-bond donors (Lipinski definition) is 2. The number of esters is 1. The number of rotatable bonds is 5. The summed E-state index contributed by atoms with van der Waals surface area (Å²) in [5.41, 5.74) is 0. The molecule has 0 saturated carbocycles. The second-order valence-electron chi connectivity index (χ2n) is 2.18. The molecule has 2 N–H and O–H groups in total. The molecule has 4 nitrogen and oxygen atoms in total. The molecule has 0 unspecified atom stereocenters. The molecule has 0 saturated heterocycles. The van der Waals surface area contributed by atoms with E-state index in [-0.39, 0.29) is 25.0 Å². The first-order valence-electron chi connectivity index (χ1n) is 3.68. The molecule has 0 fully saturated rings. The van der Waals surface area contributed by atoms with Crippen molar-refractivity contribution in [1.29, 1.82) is 0 Å². The van der Waals surface area contributed by atoms with E-state index in [0.717, 1.165) is 0 Å². The van der Waals surface area contributed by atoms with Crippen LogP contribution in [0.5, 0.6) is 0 Å². The first-order valence-corrected chi connectivity index (χ1v) is 3.68. The number of carbonyl (C=O) groups is 1. The van der Waals surface area contributed by atoms with Gasteiger partial charge in [-0.15, -0.1) is 0 Å². The van der Waals surface area contributed by atoms with E-state index < -0.39 is 0 Å². The van der Waals surface area contributed by atoms with Gasteiger partial charge >= 0.3 is 5.97 Å². The standard InChI is InChI=1S/C7H15NO3/c1-3-11-7(10)4-6(5-9)8-2/h6,8-9H,3-5H2,1-2H3/t6-/m0/s1. The van der Waals surface area contributed by atoms with Crippen LogP contribution in [0.1, 0.15) is 13.3 Å². The van der Waals surface area contributed by atoms with Crippen LogP contribution in [0, 0.1) is 0 Å². The van der Waals surface area contributed by atoms with Crippen molar-refractivity contribution in [2.45, 2.75) is 19.4 Å². The Morgan fingerprint density at radius 2 is 2.36 bits per heavy atom. The van der Waals surface area contributed by atoms with Gasteiger partial charge in [0.1, 0.15) is 0 Å². The summed E-state index contributed by atoms with van der Waals surface area (Å²) in [7, 11) is 1.69. The minimum atomic E-state index is -0.277. The molecule has 0 radical (unpaired) electrons. The Morgan fingerprint density at radius 3 is 2.73 bits per heavy atom. The smallest absolute Gasteiger partial charge is 0.307 e. The molecule has 0 bridgehead atoms. The molecule has 11 heavy (non-hydrogen) atoms. The van der Waals surface area contributed by atoms with E-state index in [1.165, 1.54) is 0 Å². The number of aliphatic hydroxyl groups is 1. The Morgan fingerprint density at radius 1 is 1.73 bits per heavy atom. The summed E-state index contributed by atoms with van der Waals surface area (Å²) in [6.45, 7) is 2.10. The average Bonchev–Trinajstić information content (AvgIpc) is 2.01. The van der Waals surface area contributed by atoms with Gasteiger partial charge in [0.2, 0.25) is 0 Å². The maximum absolute atomic E-state index is 10.8. The lowest BCUT2D eigenvalue weighted by Crippen LogP contribution is -2.32. The van der Waals surface area contributed by atoms with Crippen LogP contribution in [-0.4, -0.2) is 37.4 Å². The van der Waals surface area contributed by atoms with Gasteiger partial charge in [-0.1, -0.05) is 0 Å². The molecule has 0 spiro atoms. The van der Waals surface area contributed by atoms with Crippen molar-refractivity contribution in [3.63, 3.8) is 0 Å². The maximum atomic E-state index is 10.8. The quantitative estimate of drug-likeness (QED) is 0.535. The van der Waals surface area contributed by atoms with Crippen molar-refractivity contribution in [3.05, 3.63) is 0 Å². The number of nitrogens with one attached hydrogen (secondary N) is 1. The molecule has 0 aromatic rings. The predicted octanol–water partition coefficient (Wildman–Crippen LogP) is -0.480. The molecule has 1 atom stereocenters. The lowest BCUT2D eigenvalue weighted by atomic mass is 10.2. The molecule has 0 aliphatic heterocycles. The average molecular weight is 161 g/mol. The van der Waals surface area contributed by atoms with Crippen molar-refractivity contribution in [2.24, 2.45) is 0 Å². The summed E-state index contributed by atoms with van der Waals surface area (Å²) in [4.78, 5) is 10.8. The fourth-order valence-corrected chi connectivity index (χ4v) is 0.679. The Labute approximate surface area is 66.5 Å². The van der Waals surface area contributed by atoms with Crippen LogP contribution in [0.2, 0.25) is 0 Å². The van der Waals surface area contributed by atoms with Gasteiger partial charge < -0.3 is 15.2 Å². The number of ether oxygens (including phenoxy) is 1. The number of hydrogen-bond acceptors (Lipinski definition) is 4. The third-order valence-electron chi connectivity index (χ3n) is 1.35. The van der Waals surface area contributed by atoms with Crippen molar-refractivity contribution in [1.82, 2.24) is 5.32 Å². The summed E-state index contributed by atoms with van der Waals surface area (Å²) in [5, 5.41) is 11.5. The molecular formula is C7H15NO3. The summed E-state index contributed by atoms with van der Waals surface area (Å²) < 4.78 is 4.69. The van der Waals surface area contributed by atoms with Crippen LogP contribution in [0.3, 0.4) is 0 Å². The van der Waals surface area contributed by atoms with Gasteiger partial charge in [-0.3, -0.25) is 4.79 Å². The molecule has 0 aromatic heterocycles. The molecule has 4 heteroatoms. The highest BCUT2D eigenvalue weighted by atomic mass is 16.5. The third-order valence-corrected chi connectivity index (χ3v) is 1.35. The number of likely N-dealkylation sites (N-methyl/N-ethyl adjacent to an activating group) is 1. The fraction of sp³-hybridized carbons (Fsp3) is 0.857. The highest BCUT2D eigenvalue weighted by Crippen LogP contribution is 1.92. The van der Waals surface area contributed by atoms with E-state index >= 15 is 0 Å². The second-order valence-corrected chi connectivity index (χ2v) is 2.18. The predicted molar refractivity (Wildman–Crippen MR) is 41.2 cm³/mol. The van der Waals surface area contributed by atoms with Crippen LogP contribution < -0.4 is 5.32 Å². The first-order chi connectivity index (χ1) is 5.24. The fourth-order valence-electron chi connectivity index (χ4n) is 0.679. The van der Waals surface area contributed by atoms with E-state index in [2.05, 4.69) is 10.1 Å². The van der Waals surface area contributed by atoms with Gasteiger partial charge in [-0.2, -0.15) is 0 Å². The van der Waals surface area contributed by atoms with Gasteiger partial charge in [0.25, 0.3) is 0 Å². The Kier molecular flexibility index (Phi) is 5.78. The Hall–Kier alpha value is -0.610. The molecular weight excluding hydrogens is 146 g/mol. The van der Waals surface area contributed by atoms with Gasteiger partial charge in [0, 0.05) is 6.04 Å². The topological polar surface area (TPSA) is 58.6 Å². The van der Waals surface area contributed by atoms with Gasteiger partial charge in [0.15, 0.2) is 0 Å². The van der Waals surface area contributed by atoms with Crippen LogP contribution >= 0.6 is 0 Å². The maximum Gasteiger partial charge on any atom is 0.307 e. The summed E-state index contributed by atoms with van der Waals surface area (Å²) >= 11 is 0. The first kappa shape index (κ1) is 10.4. The highest BCUT2D eigenvalue weighted by molar-refractivity contribution is 5.70. The van der Waals surface area contributed by atoms with E-state index in [1.54, 1.807) is 14.0 Å². The molecule has 0 aliphatic carbocycles. The van der Waals surface area contributed by atoms with E-state index in [1.807, 2.05) is 0 Å². The van der Waals surface area contributed by atoms with Gasteiger partial charge in [0.05, 0.1) is 19.6 Å². The molecule has 66 valence electrons. The van der Waals surface area contributed by atoms with E-state index in [0.29, 0.717) is 6.61 Å². The summed E-state index contributed by atoms with van der Waals surface area (Å²) in [5.74, 6) is -0.277. The molecule has 0 aliphatic rings. The van der Waals surface area contributed by atoms with Gasteiger partial charge in [-0.25, -0.2) is 0 Å². The highest BCUT2D eigenvalue weighted by Gasteiger charge is 2.10. The zero-order valence-electron chi connectivity index (χ0n) is 6.96. The van der Waals surface area contributed by atoms with Gasteiger partial charge in [-0.05, 0) is 14.0 Å². The normalized spacial score (nSPS) is 12.6. The monoisotopic (exact) mass is 161 g/mol. The van der Waals surface area contributed by atoms with Crippen LogP contribution in [0.4, 0.5) is 0 Å². The van der Waals surface area contributed by atoms with Crippen LogP contribution in [0.25, 0.3) is 0 Å². The van der Waals surface area contributed by atoms with Crippen LogP contribution in [0.15, 0.2) is 0 Å². The minimum absolute atomic E-state index is 0.0463. The molecule has 0 amide bonds. The van der Waals surface area contributed by atoms with Crippen LogP contribution in [-0.2, 0) is 9.53 Å². The zero-order valence-corrected chi connectivity index (χ0v) is 6.96. The Bertz CT molecular complexity index is 112. The molecule has 0 heterocycles. The minimum Gasteiger partial charge on any atom is -0.466 e. The number of aliphatic hydroxyl groups excluding tert-OH is 1. The largest absolute Gasteiger partial charge is 0.466 e.